The van der Waals surface area contributed by atoms with Gasteiger partial charge in [-0.05, 0) is 25.8 Å². The summed E-state index contributed by atoms with van der Waals surface area (Å²) in [5.74, 6) is -0.0207. The van der Waals surface area contributed by atoms with Crippen LogP contribution in [0.4, 0.5) is 0 Å². The highest BCUT2D eigenvalue weighted by Crippen LogP contribution is 2.23. The molecule has 17 heavy (non-hydrogen) atoms. The Kier molecular flexibility index (Phi) is 4.01. The topological polar surface area (TPSA) is 70.6 Å². The number of β-amino-alcohol motifs (C(OH)–C–C–N with tert-alkyl or cyclic N) is 1. The third-order valence-electron chi connectivity index (χ3n) is 3.76. The van der Waals surface area contributed by atoms with Crippen LogP contribution in [0.15, 0.2) is 0 Å². The predicted octanol–water partition coefficient (Wildman–Crippen LogP) is -0.358. The van der Waals surface area contributed by atoms with Gasteiger partial charge in [0.1, 0.15) is 0 Å². The van der Waals surface area contributed by atoms with Crippen LogP contribution >= 0.6 is 0 Å². The van der Waals surface area contributed by atoms with Gasteiger partial charge in [-0.3, -0.25) is 4.79 Å². The first-order chi connectivity index (χ1) is 8.14. The molecule has 0 spiro atoms. The lowest BCUT2D eigenvalue weighted by Gasteiger charge is -2.23. The van der Waals surface area contributed by atoms with E-state index in [1.165, 1.54) is 0 Å². The minimum absolute atomic E-state index is 0.0228. The Morgan fingerprint density at radius 1 is 1.65 bits per heavy atom. The van der Waals surface area contributed by atoms with Crippen molar-refractivity contribution >= 4 is 5.91 Å². The summed E-state index contributed by atoms with van der Waals surface area (Å²) < 4.78 is 5.50. The number of nitrogens with one attached hydrogen (secondary N) is 2. The van der Waals surface area contributed by atoms with Gasteiger partial charge in [-0.25, -0.2) is 0 Å². The fourth-order valence-electron chi connectivity index (χ4n) is 2.61. The lowest BCUT2D eigenvalue weighted by atomic mass is 9.97. The van der Waals surface area contributed by atoms with E-state index in [-0.39, 0.29) is 17.9 Å². The van der Waals surface area contributed by atoms with Crippen molar-refractivity contribution in [2.75, 3.05) is 26.2 Å². The standard InChI is InChI=1S/C12H22N2O3/c1-2-10-9(3-6-17-10)11(15)14-8-12(16)4-5-13-7-12/h9-10,13,16H,2-8H2,1H3,(H,14,15). The number of hydrogen-bond acceptors (Lipinski definition) is 4. The second kappa shape index (κ2) is 5.33. The second-order valence-electron chi connectivity index (χ2n) is 5.08. The second-order valence-corrected chi connectivity index (χ2v) is 5.08. The summed E-state index contributed by atoms with van der Waals surface area (Å²) >= 11 is 0. The molecule has 0 aromatic heterocycles. The van der Waals surface area contributed by atoms with E-state index in [2.05, 4.69) is 10.6 Å². The van der Waals surface area contributed by atoms with Crippen molar-refractivity contribution in [1.29, 1.82) is 0 Å². The molecule has 3 N–H and O–H groups in total. The number of amides is 1. The fraction of sp³-hybridized carbons (Fsp3) is 0.917. The molecule has 0 aromatic carbocycles. The number of ether oxygens (including phenoxy) is 1. The average Bonchev–Trinajstić information content (AvgIpc) is 2.95. The normalized spacial score (nSPS) is 37.3. The van der Waals surface area contributed by atoms with Crippen LogP contribution in [0.1, 0.15) is 26.2 Å². The van der Waals surface area contributed by atoms with E-state index < -0.39 is 5.60 Å². The van der Waals surface area contributed by atoms with Crippen LogP contribution in [0.25, 0.3) is 0 Å². The summed E-state index contributed by atoms with van der Waals surface area (Å²) in [5.41, 5.74) is -0.767. The highest BCUT2D eigenvalue weighted by molar-refractivity contribution is 5.79. The lowest BCUT2D eigenvalue weighted by Crippen LogP contribution is -2.47. The smallest absolute Gasteiger partial charge is 0.225 e. The Bertz CT molecular complexity index is 277. The Labute approximate surface area is 102 Å². The Morgan fingerprint density at radius 2 is 2.47 bits per heavy atom. The van der Waals surface area contributed by atoms with Crippen molar-refractivity contribution in [3.63, 3.8) is 0 Å². The maximum Gasteiger partial charge on any atom is 0.225 e. The SMILES string of the molecule is CCC1OCCC1C(=O)NCC1(O)CCNC1. The molecule has 2 aliphatic heterocycles. The molecule has 98 valence electrons. The molecular weight excluding hydrogens is 220 g/mol. The van der Waals surface area contributed by atoms with Crippen LogP contribution in [0.3, 0.4) is 0 Å². The molecule has 1 amide bonds. The van der Waals surface area contributed by atoms with Gasteiger partial charge in [0, 0.05) is 19.7 Å². The van der Waals surface area contributed by atoms with E-state index in [4.69, 9.17) is 4.74 Å². The minimum atomic E-state index is -0.767. The van der Waals surface area contributed by atoms with Crippen LogP contribution in [0, 0.1) is 5.92 Å². The molecule has 2 fully saturated rings. The molecule has 0 radical (unpaired) electrons. The number of hydrogen-bond donors (Lipinski definition) is 3. The van der Waals surface area contributed by atoms with Crippen molar-refractivity contribution in [2.45, 2.75) is 37.9 Å². The molecule has 2 aliphatic rings. The van der Waals surface area contributed by atoms with Crippen LogP contribution in [-0.4, -0.2) is 49.0 Å². The summed E-state index contributed by atoms with van der Waals surface area (Å²) in [4.78, 5) is 12.0. The third-order valence-corrected chi connectivity index (χ3v) is 3.76. The van der Waals surface area contributed by atoms with Gasteiger partial charge < -0.3 is 20.5 Å². The maximum atomic E-state index is 12.0. The Hall–Kier alpha value is -0.650. The first-order valence-electron chi connectivity index (χ1n) is 6.47. The van der Waals surface area contributed by atoms with Gasteiger partial charge in [0.15, 0.2) is 0 Å². The summed E-state index contributed by atoms with van der Waals surface area (Å²) in [6, 6.07) is 0. The highest BCUT2D eigenvalue weighted by atomic mass is 16.5. The van der Waals surface area contributed by atoms with E-state index in [9.17, 15) is 9.90 Å². The molecule has 3 unspecified atom stereocenters. The monoisotopic (exact) mass is 242 g/mol. The number of rotatable bonds is 4. The van der Waals surface area contributed by atoms with Gasteiger partial charge in [-0.2, -0.15) is 0 Å². The quantitative estimate of drug-likeness (QED) is 0.630. The van der Waals surface area contributed by atoms with Crippen molar-refractivity contribution in [3.05, 3.63) is 0 Å². The van der Waals surface area contributed by atoms with Gasteiger partial charge in [0.05, 0.1) is 17.6 Å². The van der Waals surface area contributed by atoms with E-state index in [1.807, 2.05) is 6.92 Å². The molecule has 0 bridgehead atoms. The molecule has 0 aliphatic carbocycles. The molecule has 2 saturated heterocycles. The molecule has 0 saturated carbocycles. The summed E-state index contributed by atoms with van der Waals surface area (Å²) in [6.45, 7) is 4.42. The molecule has 5 heteroatoms. The molecule has 2 rings (SSSR count). The number of aliphatic hydroxyl groups is 1. The van der Waals surface area contributed by atoms with Crippen molar-refractivity contribution in [3.8, 4) is 0 Å². The average molecular weight is 242 g/mol. The molecule has 3 atom stereocenters. The van der Waals surface area contributed by atoms with Crippen molar-refractivity contribution < 1.29 is 14.6 Å². The first-order valence-corrected chi connectivity index (χ1v) is 6.47. The Morgan fingerprint density at radius 3 is 3.12 bits per heavy atom. The largest absolute Gasteiger partial charge is 0.387 e. The predicted molar refractivity (Wildman–Crippen MR) is 63.6 cm³/mol. The first kappa shape index (κ1) is 12.8. The van der Waals surface area contributed by atoms with E-state index >= 15 is 0 Å². The van der Waals surface area contributed by atoms with Gasteiger partial charge in [-0.15, -0.1) is 0 Å². The van der Waals surface area contributed by atoms with Crippen LogP contribution in [-0.2, 0) is 9.53 Å². The summed E-state index contributed by atoms with van der Waals surface area (Å²) in [7, 11) is 0. The molecular formula is C12H22N2O3. The number of carbonyl (C=O) groups excluding carboxylic acids is 1. The van der Waals surface area contributed by atoms with Crippen LogP contribution < -0.4 is 10.6 Å². The molecule has 5 nitrogen and oxygen atoms in total. The lowest BCUT2D eigenvalue weighted by molar-refractivity contribution is -0.127. The summed E-state index contributed by atoms with van der Waals surface area (Å²) in [5, 5.41) is 16.1. The zero-order chi connectivity index (χ0) is 12.3. The molecule has 2 heterocycles. The minimum Gasteiger partial charge on any atom is -0.387 e. The van der Waals surface area contributed by atoms with Gasteiger partial charge >= 0.3 is 0 Å². The van der Waals surface area contributed by atoms with Gasteiger partial charge in [-0.1, -0.05) is 6.92 Å². The van der Waals surface area contributed by atoms with E-state index in [0.29, 0.717) is 26.1 Å². The van der Waals surface area contributed by atoms with Gasteiger partial charge in [0.25, 0.3) is 0 Å². The number of carbonyl (C=O) groups is 1. The fourth-order valence-corrected chi connectivity index (χ4v) is 2.61. The third kappa shape index (κ3) is 2.97. The van der Waals surface area contributed by atoms with Crippen molar-refractivity contribution in [1.82, 2.24) is 10.6 Å². The zero-order valence-corrected chi connectivity index (χ0v) is 10.4. The molecule has 0 aromatic rings. The van der Waals surface area contributed by atoms with Crippen LogP contribution in [0.2, 0.25) is 0 Å². The Balaban J connectivity index is 1.80. The van der Waals surface area contributed by atoms with E-state index in [0.717, 1.165) is 19.4 Å². The van der Waals surface area contributed by atoms with Crippen LogP contribution in [0.5, 0.6) is 0 Å². The zero-order valence-electron chi connectivity index (χ0n) is 10.4. The highest BCUT2D eigenvalue weighted by Gasteiger charge is 2.35. The summed E-state index contributed by atoms with van der Waals surface area (Å²) in [6.07, 6.45) is 2.41. The van der Waals surface area contributed by atoms with E-state index in [1.54, 1.807) is 0 Å². The van der Waals surface area contributed by atoms with Crippen molar-refractivity contribution in [2.24, 2.45) is 5.92 Å². The maximum absolute atomic E-state index is 12.0. The van der Waals surface area contributed by atoms with Gasteiger partial charge in [0.2, 0.25) is 5.91 Å².